The van der Waals surface area contributed by atoms with Crippen LogP contribution in [0.2, 0.25) is 5.02 Å². The first-order chi connectivity index (χ1) is 14.1. The number of benzene rings is 2. The van der Waals surface area contributed by atoms with E-state index in [4.69, 9.17) is 16.3 Å². The summed E-state index contributed by atoms with van der Waals surface area (Å²) in [6.45, 7) is -3.13. The average molecular weight is 444 g/mol. The van der Waals surface area contributed by atoms with E-state index >= 15 is 0 Å². The van der Waals surface area contributed by atoms with E-state index in [0.29, 0.717) is 5.02 Å². The third kappa shape index (κ3) is 5.55. The van der Waals surface area contributed by atoms with Gasteiger partial charge in [0.15, 0.2) is 11.5 Å². The van der Waals surface area contributed by atoms with Crippen LogP contribution in [0.25, 0.3) is 0 Å². The van der Waals surface area contributed by atoms with E-state index in [1.807, 2.05) is 4.90 Å². The molecule has 0 saturated carbocycles. The molecule has 0 heterocycles. The Labute approximate surface area is 176 Å². The van der Waals surface area contributed by atoms with Crippen molar-refractivity contribution >= 4 is 23.2 Å². The van der Waals surface area contributed by atoms with Gasteiger partial charge in [-0.25, -0.2) is 0 Å². The molecule has 1 unspecified atom stereocenters. The van der Waals surface area contributed by atoms with Crippen LogP contribution in [0.3, 0.4) is 0 Å². The summed E-state index contributed by atoms with van der Waals surface area (Å²) in [4.78, 5) is 25.1. The van der Waals surface area contributed by atoms with Crippen molar-refractivity contribution in [1.29, 1.82) is 0 Å². The Hall–Kier alpha value is -2.98. The Morgan fingerprint density at radius 3 is 2.47 bits per heavy atom. The van der Waals surface area contributed by atoms with E-state index in [9.17, 15) is 23.7 Å². The molecule has 0 radical (unpaired) electrons. The van der Waals surface area contributed by atoms with Crippen LogP contribution in [0, 0.1) is 10.1 Å². The molecule has 0 spiro atoms. The minimum absolute atomic E-state index is 0.0876. The van der Waals surface area contributed by atoms with Crippen LogP contribution in [0.1, 0.15) is 22.0 Å². The van der Waals surface area contributed by atoms with Gasteiger partial charge in [0, 0.05) is 17.6 Å². The van der Waals surface area contributed by atoms with E-state index in [0.717, 1.165) is 17.7 Å². The smallest absolute Gasteiger partial charge is 0.387 e. The second-order valence-electron chi connectivity index (χ2n) is 6.37. The highest BCUT2D eigenvalue weighted by atomic mass is 35.5. The topological polar surface area (TPSA) is 93.9 Å². The largest absolute Gasteiger partial charge is 0.493 e. The summed E-state index contributed by atoms with van der Waals surface area (Å²) in [6, 6.07) is 8.51. The molecule has 0 aliphatic heterocycles. The summed E-state index contributed by atoms with van der Waals surface area (Å²) >= 11 is 6.24. The number of alkyl halides is 2. The second kappa shape index (κ2) is 10.2. The van der Waals surface area contributed by atoms with Crippen molar-refractivity contribution < 1.29 is 28.0 Å². The number of nitro benzene ring substituents is 1. The number of rotatable bonds is 9. The molecular weight excluding hydrogens is 424 g/mol. The van der Waals surface area contributed by atoms with Crippen molar-refractivity contribution in [2.75, 3.05) is 27.7 Å². The summed E-state index contributed by atoms with van der Waals surface area (Å²) in [7, 11) is 4.75. The van der Waals surface area contributed by atoms with Gasteiger partial charge < -0.3 is 19.7 Å². The molecule has 1 atom stereocenters. The van der Waals surface area contributed by atoms with Crippen LogP contribution in [-0.4, -0.2) is 50.1 Å². The van der Waals surface area contributed by atoms with Gasteiger partial charge in [0.25, 0.3) is 11.6 Å². The predicted molar refractivity (Wildman–Crippen MR) is 106 cm³/mol. The molecule has 0 bridgehead atoms. The maximum atomic E-state index is 12.7. The van der Waals surface area contributed by atoms with E-state index in [-0.39, 0.29) is 23.9 Å². The Morgan fingerprint density at radius 2 is 1.93 bits per heavy atom. The number of hydrogen-bond donors (Lipinski definition) is 1. The first-order valence-electron chi connectivity index (χ1n) is 8.66. The zero-order valence-electron chi connectivity index (χ0n) is 16.4. The van der Waals surface area contributed by atoms with Crippen molar-refractivity contribution in [3.63, 3.8) is 0 Å². The number of nitrogens with one attached hydrogen (secondary N) is 1. The molecule has 30 heavy (non-hydrogen) atoms. The Balaban J connectivity index is 2.33. The maximum Gasteiger partial charge on any atom is 0.387 e. The van der Waals surface area contributed by atoms with Crippen LogP contribution < -0.4 is 14.8 Å². The number of nitrogens with zero attached hydrogens (tertiary/aromatic N) is 2. The predicted octanol–water partition coefficient (Wildman–Crippen LogP) is 3.89. The third-order valence-electron chi connectivity index (χ3n) is 4.28. The summed E-state index contributed by atoms with van der Waals surface area (Å²) < 4.78 is 34.3. The molecule has 0 saturated heterocycles. The monoisotopic (exact) mass is 443 g/mol. The zero-order valence-corrected chi connectivity index (χ0v) is 17.2. The molecule has 8 nitrogen and oxygen atoms in total. The molecule has 0 aliphatic carbocycles. The lowest BCUT2D eigenvalue weighted by Crippen LogP contribution is -2.35. The summed E-state index contributed by atoms with van der Waals surface area (Å²) in [5.41, 5.74) is -0.282. The van der Waals surface area contributed by atoms with Crippen molar-refractivity contribution in [3.05, 3.63) is 62.7 Å². The number of halogens is 3. The fourth-order valence-electron chi connectivity index (χ4n) is 2.83. The zero-order chi connectivity index (χ0) is 22.4. The van der Waals surface area contributed by atoms with Gasteiger partial charge >= 0.3 is 6.61 Å². The van der Waals surface area contributed by atoms with Crippen molar-refractivity contribution in [2.24, 2.45) is 0 Å². The molecule has 1 N–H and O–H groups in total. The normalized spacial score (nSPS) is 12.0. The van der Waals surface area contributed by atoms with Gasteiger partial charge in [0.2, 0.25) is 0 Å². The van der Waals surface area contributed by atoms with E-state index in [1.165, 1.54) is 7.11 Å². The maximum absolute atomic E-state index is 12.7. The molecular formula is C19H20ClF2N3O5. The number of ether oxygens (including phenoxy) is 2. The molecule has 11 heteroatoms. The Kier molecular flexibility index (Phi) is 7.90. The molecule has 162 valence electrons. The molecule has 0 fully saturated rings. The summed E-state index contributed by atoms with van der Waals surface area (Å²) in [5, 5.41) is 14.5. The molecule has 2 rings (SSSR count). The molecule has 0 aliphatic rings. The first kappa shape index (κ1) is 23.3. The highest BCUT2D eigenvalue weighted by Crippen LogP contribution is 2.36. The van der Waals surface area contributed by atoms with Gasteiger partial charge in [-0.05, 0) is 25.7 Å². The third-order valence-corrected chi connectivity index (χ3v) is 4.63. The van der Waals surface area contributed by atoms with Crippen LogP contribution in [0.5, 0.6) is 11.5 Å². The quantitative estimate of drug-likeness (QED) is 0.466. The number of amides is 1. The van der Waals surface area contributed by atoms with Gasteiger partial charge in [0.05, 0.1) is 24.1 Å². The van der Waals surface area contributed by atoms with Gasteiger partial charge in [-0.15, -0.1) is 0 Å². The van der Waals surface area contributed by atoms with Gasteiger partial charge in [0.1, 0.15) is 5.56 Å². The van der Waals surface area contributed by atoms with Crippen LogP contribution in [0.15, 0.2) is 36.4 Å². The van der Waals surface area contributed by atoms with Gasteiger partial charge in [-0.2, -0.15) is 8.78 Å². The Bertz CT molecular complexity index is 927. The lowest BCUT2D eigenvalue weighted by atomic mass is 10.1. The second-order valence-corrected chi connectivity index (χ2v) is 6.77. The highest BCUT2D eigenvalue weighted by molar-refractivity contribution is 6.31. The number of methoxy groups -OCH3 is 1. The van der Waals surface area contributed by atoms with Gasteiger partial charge in [-0.3, -0.25) is 14.9 Å². The van der Waals surface area contributed by atoms with Crippen molar-refractivity contribution in [1.82, 2.24) is 10.2 Å². The lowest BCUT2D eigenvalue weighted by Gasteiger charge is -2.26. The minimum Gasteiger partial charge on any atom is -0.493 e. The highest BCUT2D eigenvalue weighted by Gasteiger charge is 2.27. The van der Waals surface area contributed by atoms with E-state index in [2.05, 4.69) is 10.1 Å². The van der Waals surface area contributed by atoms with Crippen LogP contribution in [0.4, 0.5) is 14.5 Å². The summed E-state index contributed by atoms with van der Waals surface area (Å²) in [5.74, 6) is -1.55. The fourth-order valence-corrected chi connectivity index (χ4v) is 3.09. The molecule has 0 aromatic heterocycles. The number of carbonyl (C=O) groups is 1. The number of carbonyl (C=O) groups excluding carboxylic acids is 1. The number of likely N-dealkylation sites (N-methyl/N-ethyl adjacent to an activating group) is 1. The summed E-state index contributed by atoms with van der Waals surface area (Å²) in [6.07, 6.45) is 0. The number of nitro groups is 1. The SMILES string of the molecule is COc1cc(C(=O)NCC(c2ccccc2Cl)N(C)C)c([N+](=O)[O-])cc1OC(F)F. The van der Waals surface area contributed by atoms with Crippen LogP contribution >= 0.6 is 11.6 Å². The van der Waals surface area contributed by atoms with E-state index in [1.54, 1.807) is 38.4 Å². The molecule has 2 aromatic carbocycles. The fraction of sp³-hybridized carbons (Fsp3) is 0.316. The van der Waals surface area contributed by atoms with Crippen LogP contribution in [-0.2, 0) is 0 Å². The van der Waals surface area contributed by atoms with E-state index < -0.39 is 28.9 Å². The Morgan fingerprint density at radius 1 is 1.27 bits per heavy atom. The van der Waals surface area contributed by atoms with Gasteiger partial charge in [-0.1, -0.05) is 29.8 Å². The minimum atomic E-state index is -3.21. The van der Waals surface area contributed by atoms with Crippen molar-refractivity contribution in [2.45, 2.75) is 12.7 Å². The lowest BCUT2D eigenvalue weighted by molar-refractivity contribution is -0.385. The molecule has 1 amide bonds. The number of hydrogen-bond acceptors (Lipinski definition) is 6. The molecule has 2 aromatic rings. The standard InChI is InChI=1S/C19H20ClF2N3O5/c1-24(2)15(11-6-4-5-7-13(11)20)10-23-18(26)12-8-16(29-3)17(30-19(21)22)9-14(12)25(27)28/h4-9,15,19H,10H2,1-3H3,(H,23,26). The average Bonchev–Trinajstić information content (AvgIpc) is 2.68. The first-order valence-corrected chi connectivity index (χ1v) is 9.03. The van der Waals surface area contributed by atoms with Crippen molar-refractivity contribution in [3.8, 4) is 11.5 Å².